The molecule has 2 rings (SSSR count). The maximum absolute atomic E-state index is 11.9. The van der Waals surface area contributed by atoms with Crippen LogP contribution in [0.4, 0.5) is 0 Å². The van der Waals surface area contributed by atoms with Gasteiger partial charge in [0.05, 0.1) is 13.2 Å². The van der Waals surface area contributed by atoms with Crippen LogP contribution in [0.25, 0.3) is 0 Å². The summed E-state index contributed by atoms with van der Waals surface area (Å²) in [5.74, 6) is -3.96. The van der Waals surface area contributed by atoms with E-state index in [9.17, 15) is 45.3 Å². The highest BCUT2D eigenvalue weighted by atomic mass is 16.8. The molecule has 0 aromatic carbocycles. The standard InChI is InChI=1S/C16H26O13/c1-6(20)2-9(21)27-14-11(23)8(4-18)28-16(14,5-19)29-15-13(25)12(24)10(22)7(3-17)26-15/h7-8,10-15,17-19,22-25H,2-5H2,1H3/t7-,8-,10-,11-,12+,13-,14+,15-,16+/m1/s1. The van der Waals surface area contributed by atoms with Crippen LogP contribution >= 0.6 is 0 Å². The van der Waals surface area contributed by atoms with Crippen molar-refractivity contribution in [1.82, 2.24) is 0 Å². The van der Waals surface area contributed by atoms with E-state index in [-0.39, 0.29) is 0 Å². The summed E-state index contributed by atoms with van der Waals surface area (Å²) in [6, 6.07) is 0. The van der Waals surface area contributed by atoms with Gasteiger partial charge in [-0.1, -0.05) is 0 Å². The zero-order chi connectivity index (χ0) is 21.9. The number of ether oxygens (including phenoxy) is 4. The largest absolute Gasteiger partial charge is 0.453 e. The first-order valence-electron chi connectivity index (χ1n) is 8.85. The molecule has 0 radical (unpaired) electrons. The SMILES string of the molecule is CC(=O)CC(=O)O[C@H]1[C@H](O)[C@@H](CO)O[C@@]1(CO)O[C@H]1O[C@H](CO)[C@@H](O)[C@H](O)[C@H]1O. The molecule has 2 aliphatic rings. The summed E-state index contributed by atoms with van der Waals surface area (Å²) in [5.41, 5.74) is 0. The molecule has 0 spiro atoms. The van der Waals surface area contributed by atoms with Crippen LogP contribution < -0.4 is 0 Å². The van der Waals surface area contributed by atoms with Gasteiger partial charge in [-0.25, -0.2) is 0 Å². The average Bonchev–Trinajstić information content (AvgIpc) is 2.93. The first-order chi connectivity index (χ1) is 13.6. The van der Waals surface area contributed by atoms with Gasteiger partial charge in [0.15, 0.2) is 12.4 Å². The molecule has 0 aromatic heterocycles. The summed E-state index contributed by atoms with van der Waals surface area (Å²) >= 11 is 0. The van der Waals surface area contributed by atoms with E-state index in [1.165, 1.54) is 0 Å². The lowest BCUT2D eigenvalue weighted by atomic mass is 9.99. The van der Waals surface area contributed by atoms with Crippen molar-refractivity contribution in [3.05, 3.63) is 0 Å². The highest BCUT2D eigenvalue weighted by Gasteiger charge is 2.60. The molecule has 7 N–H and O–H groups in total. The number of hydrogen-bond acceptors (Lipinski definition) is 13. The molecule has 13 heteroatoms. The number of hydrogen-bond donors (Lipinski definition) is 7. The molecular formula is C16H26O13. The van der Waals surface area contributed by atoms with E-state index in [0.717, 1.165) is 6.92 Å². The second-order valence-corrected chi connectivity index (χ2v) is 6.90. The number of carbonyl (C=O) groups excluding carboxylic acids is 2. The molecule has 0 aliphatic carbocycles. The van der Waals surface area contributed by atoms with Gasteiger partial charge >= 0.3 is 5.97 Å². The van der Waals surface area contributed by atoms with Gasteiger partial charge in [-0.15, -0.1) is 0 Å². The maximum atomic E-state index is 11.9. The molecule has 2 heterocycles. The smallest absolute Gasteiger partial charge is 0.313 e. The Kier molecular flexibility index (Phi) is 8.03. The van der Waals surface area contributed by atoms with Crippen LogP contribution in [0.5, 0.6) is 0 Å². The Morgan fingerprint density at radius 3 is 2.07 bits per heavy atom. The lowest BCUT2D eigenvalue weighted by molar-refractivity contribution is -0.383. The Balaban J connectivity index is 2.28. The highest BCUT2D eigenvalue weighted by Crippen LogP contribution is 2.37. The summed E-state index contributed by atoms with van der Waals surface area (Å²) < 4.78 is 20.9. The van der Waals surface area contributed by atoms with Gasteiger partial charge in [0, 0.05) is 0 Å². The number of esters is 1. The number of carbonyl (C=O) groups is 2. The van der Waals surface area contributed by atoms with Crippen molar-refractivity contribution >= 4 is 11.8 Å². The Morgan fingerprint density at radius 1 is 0.931 bits per heavy atom. The molecule has 2 aliphatic heterocycles. The van der Waals surface area contributed by atoms with E-state index in [1.54, 1.807) is 0 Å². The number of Topliss-reactive ketones (excluding diaryl/α,β-unsaturated/α-hetero) is 1. The van der Waals surface area contributed by atoms with Crippen molar-refractivity contribution < 1.29 is 64.3 Å². The lowest BCUT2D eigenvalue weighted by Crippen LogP contribution is -2.63. The molecule has 0 aromatic rings. The van der Waals surface area contributed by atoms with E-state index < -0.39 is 92.8 Å². The third kappa shape index (κ3) is 4.91. The Bertz CT molecular complexity index is 583. The van der Waals surface area contributed by atoms with Crippen LogP contribution in [-0.2, 0) is 28.5 Å². The predicted octanol–water partition coefficient (Wildman–Crippen LogP) is -4.87. The summed E-state index contributed by atoms with van der Waals surface area (Å²) in [7, 11) is 0. The van der Waals surface area contributed by atoms with Gasteiger partial charge in [-0.2, -0.15) is 0 Å². The third-order valence-corrected chi connectivity index (χ3v) is 4.69. The zero-order valence-electron chi connectivity index (χ0n) is 15.5. The molecule has 0 bridgehead atoms. The van der Waals surface area contributed by atoms with Crippen molar-refractivity contribution in [3.8, 4) is 0 Å². The summed E-state index contributed by atoms with van der Waals surface area (Å²) in [4.78, 5) is 23.0. The highest BCUT2D eigenvalue weighted by molar-refractivity contribution is 5.94. The summed E-state index contributed by atoms with van der Waals surface area (Å²) in [5, 5.41) is 68.6. The first-order valence-corrected chi connectivity index (χ1v) is 8.85. The van der Waals surface area contributed by atoms with E-state index in [2.05, 4.69) is 0 Å². The maximum Gasteiger partial charge on any atom is 0.313 e. The van der Waals surface area contributed by atoms with Crippen molar-refractivity contribution in [3.63, 3.8) is 0 Å². The molecule has 13 nitrogen and oxygen atoms in total. The average molecular weight is 426 g/mol. The third-order valence-electron chi connectivity index (χ3n) is 4.69. The van der Waals surface area contributed by atoms with Gasteiger partial charge in [0.25, 0.3) is 0 Å². The van der Waals surface area contributed by atoms with Gasteiger partial charge in [0.1, 0.15) is 55.4 Å². The number of ketones is 1. The number of aliphatic hydroxyl groups is 7. The van der Waals surface area contributed by atoms with Crippen molar-refractivity contribution in [2.45, 2.75) is 68.1 Å². The molecule has 168 valence electrons. The fourth-order valence-electron chi connectivity index (χ4n) is 3.16. The zero-order valence-corrected chi connectivity index (χ0v) is 15.5. The van der Waals surface area contributed by atoms with Crippen LogP contribution in [0.15, 0.2) is 0 Å². The molecule has 0 unspecified atom stereocenters. The fourth-order valence-corrected chi connectivity index (χ4v) is 3.16. The van der Waals surface area contributed by atoms with E-state index in [4.69, 9.17) is 18.9 Å². The van der Waals surface area contributed by atoms with Crippen molar-refractivity contribution in [2.75, 3.05) is 19.8 Å². The Labute approximate surface area is 165 Å². The lowest BCUT2D eigenvalue weighted by Gasteiger charge is -2.43. The molecule has 9 atom stereocenters. The fraction of sp³-hybridized carbons (Fsp3) is 0.875. The van der Waals surface area contributed by atoms with Crippen molar-refractivity contribution in [2.24, 2.45) is 0 Å². The van der Waals surface area contributed by atoms with Crippen molar-refractivity contribution in [1.29, 1.82) is 0 Å². The second-order valence-electron chi connectivity index (χ2n) is 6.90. The number of rotatable bonds is 8. The Hall–Kier alpha value is -1.26. The monoisotopic (exact) mass is 426 g/mol. The second kappa shape index (κ2) is 9.70. The Morgan fingerprint density at radius 2 is 1.55 bits per heavy atom. The molecule has 0 amide bonds. The van der Waals surface area contributed by atoms with Gasteiger partial charge in [0.2, 0.25) is 5.79 Å². The summed E-state index contributed by atoms with van der Waals surface area (Å²) in [6.07, 6.45) is -13.9. The van der Waals surface area contributed by atoms with Crippen LogP contribution in [-0.4, -0.2) is 122 Å². The van der Waals surface area contributed by atoms with E-state index in [1.807, 2.05) is 0 Å². The first kappa shape index (κ1) is 24.0. The van der Waals surface area contributed by atoms with Gasteiger partial charge < -0.3 is 54.7 Å². The minimum Gasteiger partial charge on any atom is -0.453 e. The normalized spacial score (nSPS) is 42.6. The van der Waals surface area contributed by atoms with E-state index in [0.29, 0.717) is 0 Å². The van der Waals surface area contributed by atoms with Crippen LogP contribution in [0, 0.1) is 0 Å². The van der Waals surface area contributed by atoms with Gasteiger partial charge in [-0.3, -0.25) is 9.59 Å². The quantitative estimate of drug-likeness (QED) is 0.143. The molecule has 2 fully saturated rings. The van der Waals surface area contributed by atoms with E-state index >= 15 is 0 Å². The predicted molar refractivity (Wildman–Crippen MR) is 87.8 cm³/mol. The summed E-state index contributed by atoms with van der Waals surface area (Å²) in [6.45, 7) is -1.45. The minimum atomic E-state index is -2.35. The minimum absolute atomic E-state index is 0.536. The molecular weight excluding hydrogens is 400 g/mol. The van der Waals surface area contributed by atoms with Crippen LogP contribution in [0.1, 0.15) is 13.3 Å². The van der Waals surface area contributed by atoms with Crippen LogP contribution in [0.3, 0.4) is 0 Å². The van der Waals surface area contributed by atoms with Crippen LogP contribution in [0.2, 0.25) is 0 Å². The number of aliphatic hydroxyl groups excluding tert-OH is 7. The van der Waals surface area contributed by atoms with Gasteiger partial charge in [-0.05, 0) is 6.92 Å². The molecule has 0 saturated carbocycles. The molecule has 2 saturated heterocycles. The molecule has 29 heavy (non-hydrogen) atoms. The topological polar surface area (TPSA) is 213 Å².